The molecule has 2 aromatic rings. The van der Waals surface area contributed by atoms with Crippen molar-refractivity contribution in [2.75, 3.05) is 0 Å². The molecule has 0 aliphatic heterocycles. The van der Waals surface area contributed by atoms with Crippen molar-refractivity contribution in [3.05, 3.63) is 65.2 Å². The molecule has 0 saturated carbocycles. The van der Waals surface area contributed by atoms with Gasteiger partial charge < -0.3 is 4.74 Å². The molecular weight excluding hydrogens is 222 g/mol. The van der Waals surface area contributed by atoms with E-state index < -0.39 is 0 Å². The number of nitrogens with zero attached hydrogens (tertiary/aromatic N) is 1. The fourth-order valence-electron chi connectivity index (χ4n) is 2.46. The molecule has 0 heterocycles. The third kappa shape index (κ3) is 1.84. The number of hydrogen-bond acceptors (Lipinski definition) is 2. The average Bonchev–Trinajstić information content (AvgIpc) is 2.83. The highest BCUT2D eigenvalue weighted by molar-refractivity contribution is 5.43. The van der Waals surface area contributed by atoms with Crippen molar-refractivity contribution >= 4 is 0 Å². The standard InChI is InChI=1S/C16H13NO/c17-11-13-6-2-4-8-15(13)18-16-10-9-12-5-1-3-7-14(12)16/h1-8,16H,9-10H2. The Hall–Kier alpha value is -2.27. The molecule has 2 aromatic carbocycles. The summed E-state index contributed by atoms with van der Waals surface area (Å²) < 4.78 is 6.00. The molecule has 0 bridgehead atoms. The van der Waals surface area contributed by atoms with Crippen LogP contribution in [0, 0.1) is 11.3 Å². The van der Waals surface area contributed by atoms with Crippen molar-refractivity contribution < 1.29 is 4.74 Å². The molecule has 18 heavy (non-hydrogen) atoms. The molecule has 0 spiro atoms. The molecule has 1 atom stereocenters. The molecule has 0 amide bonds. The summed E-state index contributed by atoms with van der Waals surface area (Å²) >= 11 is 0. The molecule has 88 valence electrons. The normalized spacial score (nSPS) is 16.9. The highest BCUT2D eigenvalue weighted by atomic mass is 16.5. The number of para-hydroxylation sites is 1. The Morgan fingerprint density at radius 3 is 2.72 bits per heavy atom. The van der Waals surface area contributed by atoms with E-state index in [0.29, 0.717) is 11.3 Å². The van der Waals surface area contributed by atoms with Crippen LogP contribution in [-0.2, 0) is 6.42 Å². The summed E-state index contributed by atoms with van der Waals surface area (Å²) in [6, 6.07) is 17.9. The first kappa shape index (κ1) is 10.9. The van der Waals surface area contributed by atoms with E-state index in [4.69, 9.17) is 10.00 Å². The Balaban J connectivity index is 1.89. The maximum absolute atomic E-state index is 9.06. The molecular formula is C16H13NO. The van der Waals surface area contributed by atoms with Crippen LogP contribution >= 0.6 is 0 Å². The van der Waals surface area contributed by atoms with Gasteiger partial charge in [0, 0.05) is 0 Å². The van der Waals surface area contributed by atoms with E-state index in [9.17, 15) is 0 Å². The smallest absolute Gasteiger partial charge is 0.137 e. The Morgan fingerprint density at radius 2 is 1.83 bits per heavy atom. The highest BCUT2D eigenvalue weighted by Gasteiger charge is 2.24. The second kappa shape index (κ2) is 4.54. The Kier molecular flexibility index (Phi) is 2.74. The van der Waals surface area contributed by atoms with Gasteiger partial charge in [-0.1, -0.05) is 36.4 Å². The first-order chi connectivity index (χ1) is 8.88. The van der Waals surface area contributed by atoms with E-state index in [2.05, 4.69) is 24.3 Å². The van der Waals surface area contributed by atoms with Crippen LogP contribution in [0.25, 0.3) is 0 Å². The van der Waals surface area contributed by atoms with E-state index in [-0.39, 0.29) is 6.10 Å². The fraction of sp³-hybridized carbons (Fsp3) is 0.188. The average molecular weight is 235 g/mol. The summed E-state index contributed by atoms with van der Waals surface area (Å²) in [7, 11) is 0. The van der Waals surface area contributed by atoms with Gasteiger partial charge in [0.05, 0.1) is 5.56 Å². The maximum Gasteiger partial charge on any atom is 0.137 e. The van der Waals surface area contributed by atoms with Crippen LogP contribution in [0.3, 0.4) is 0 Å². The van der Waals surface area contributed by atoms with Crippen molar-refractivity contribution in [2.24, 2.45) is 0 Å². The molecule has 0 fully saturated rings. The molecule has 0 radical (unpaired) electrons. The van der Waals surface area contributed by atoms with Crippen molar-refractivity contribution in [2.45, 2.75) is 18.9 Å². The number of aryl methyl sites for hydroxylation is 1. The van der Waals surface area contributed by atoms with Crippen LogP contribution in [0.1, 0.15) is 29.2 Å². The van der Waals surface area contributed by atoms with Gasteiger partial charge in [0.1, 0.15) is 17.9 Å². The minimum Gasteiger partial charge on any atom is -0.484 e. The first-order valence-electron chi connectivity index (χ1n) is 6.12. The Labute approximate surface area is 106 Å². The Bertz CT molecular complexity index is 612. The minimum absolute atomic E-state index is 0.0794. The summed E-state index contributed by atoms with van der Waals surface area (Å²) in [5.74, 6) is 0.682. The summed E-state index contributed by atoms with van der Waals surface area (Å²) in [4.78, 5) is 0. The maximum atomic E-state index is 9.06. The summed E-state index contributed by atoms with van der Waals surface area (Å²) in [5, 5.41) is 9.06. The van der Waals surface area contributed by atoms with Crippen molar-refractivity contribution in [3.63, 3.8) is 0 Å². The van der Waals surface area contributed by atoms with Gasteiger partial charge in [-0.2, -0.15) is 5.26 Å². The Morgan fingerprint density at radius 1 is 1.06 bits per heavy atom. The molecule has 0 N–H and O–H groups in total. The number of fused-ring (bicyclic) bond motifs is 1. The molecule has 1 aliphatic rings. The third-order valence-electron chi connectivity index (χ3n) is 3.35. The van der Waals surface area contributed by atoms with Gasteiger partial charge in [-0.05, 0) is 36.1 Å². The SMILES string of the molecule is N#Cc1ccccc1OC1CCc2ccccc21. The molecule has 1 unspecified atom stereocenters. The predicted octanol–water partition coefficient (Wildman–Crippen LogP) is 3.62. The van der Waals surface area contributed by atoms with Crippen molar-refractivity contribution in [1.82, 2.24) is 0 Å². The van der Waals surface area contributed by atoms with Gasteiger partial charge in [0.15, 0.2) is 0 Å². The molecule has 2 heteroatoms. The van der Waals surface area contributed by atoms with E-state index in [0.717, 1.165) is 12.8 Å². The van der Waals surface area contributed by atoms with Crippen LogP contribution in [0.5, 0.6) is 5.75 Å². The third-order valence-corrected chi connectivity index (χ3v) is 3.35. The van der Waals surface area contributed by atoms with Gasteiger partial charge in [-0.3, -0.25) is 0 Å². The van der Waals surface area contributed by atoms with Gasteiger partial charge in [0.2, 0.25) is 0 Å². The minimum atomic E-state index is 0.0794. The van der Waals surface area contributed by atoms with Gasteiger partial charge in [-0.25, -0.2) is 0 Å². The van der Waals surface area contributed by atoms with E-state index in [1.165, 1.54) is 11.1 Å². The summed E-state index contributed by atoms with van der Waals surface area (Å²) in [5.41, 5.74) is 3.21. The zero-order valence-corrected chi connectivity index (χ0v) is 9.97. The second-order valence-corrected chi connectivity index (χ2v) is 4.45. The van der Waals surface area contributed by atoms with Crippen LogP contribution in [0.4, 0.5) is 0 Å². The van der Waals surface area contributed by atoms with Crippen LogP contribution in [0.2, 0.25) is 0 Å². The van der Waals surface area contributed by atoms with Gasteiger partial charge in [0.25, 0.3) is 0 Å². The lowest BCUT2D eigenvalue weighted by molar-refractivity contribution is 0.207. The molecule has 3 rings (SSSR count). The largest absolute Gasteiger partial charge is 0.484 e. The van der Waals surface area contributed by atoms with E-state index in [1.807, 2.05) is 24.3 Å². The summed E-state index contributed by atoms with van der Waals surface area (Å²) in [6.07, 6.45) is 2.12. The second-order valence-electron chi connectivity index (χ2n) is 4.45. The van der Waals surface area contributed by atoms with Gasteiger partial charge in [-0.15, -0.1) is 0 Å². The summed E-state index contributed by atoms with van der Waals surface area (Å²) in [6.45, 7) is 0. The monoisotopic (exact) mass is 235 g/mol. The highest BCUT2D eigenvalue weighted by Crippen LogP contribution is 2.35. The predicted molar refractivity (Wildman–Crippen MR) is 69.3 cm³/mol. The van der Waals surface area contributed by atoms with Crippen LogP contribution in [-0.4, -0.2) is 0 Å². The number of hydrogen-bond donors (Lipinski definition) is 0. The van der Waals surface area contributed by atoms with Crippen LogP contribution < -0.4 is 4.74 Å². The first-order valence-corrected chi connectivity index (χ1v) is 6.12. The van der Waals surface area contributed by atoms with E-state index >= 15 is 0 Å². The lowest BCUT2D eigenvalue weighted by Crippen LogP contribution is -2.04. The topological polar surface area (TPSA) is 33.0 Å². The molecule has 2 nitrogen and oxygen atoms in total. The van der Waals surface area contributed by atoms with Crippen LogP contribution in [0.15, 0.2) is 48.5 Å². The molecule has 1 aliphatic carbocycles. The number of nitriles is 1. The lowest BCUT2D eigenvalue weighted by atomic mass is 10.1. The number of rotatable bonds is 2. The zero-order valence-electron chi connectivity index (χ0n) is 9.97. The quantitative estimate of drug-likeness (QED) is 0.796. The van der Waals surface area contributed by atoms with Crippen molar-refractivity contribution in [3.8, 4) is 11.8 Å². The van der Waals surface area contributed by atoms with E-state index in [1.54, 1.807) is 6.07 Å². The molecule has 0 aromatic heterocycles. The lowest BCUT2D eigenvalue weighted by Gasteiger charge is -2.15. The van der Waals surface area contributed by atoms with Crippen molar-refractivity contribution in [1.29, 1.82) is 5.26 Å². The number of benzene rings is 2. The van der Waals surface area contributed by atoms with Gasteiger partial charge >= 0.3 is 0 Å². The fourth-order valence-corrected chi connectivity index (χ4v) is 2.46. The number of ether oxygens (including phenoxy) is 1. The molecule has 0 saturated heterocycles. The zero-order chi connectivity index (χ0) is 12.4.